The van der Waals surface area contributed by atoms with Gasteiger partial charge in [-0.2, -0.15) is 8.42 Å². The Morgan fingerprint density at radius 1 is 1.03 bits per heavy atom. The summed E-state index contributed by atoms with van der Waals surface area (Å²) in [6, 6.07) is 10.7. The second-order valence-corrected chi connectivity index (χ2v) is 9.79. The zero-order chi connectivity index (χ0) is 21.0. The predicted octanol–water partition coefficient (Wildman–Crippen LogP) is 3.03. The minimum Gasteiger partial charge on any atom is -0.378 e. The second-order valence-electron chi connectivity index (χ2n) is 8.24. The van der Waals surface area contributed by atoms with Crippen molar-refractivity contribution in [3.05, 3.63) is 70.8 Å². The number of Topliss-reactive ketones (excluding diaryl/α,β-unsaturated/α-hetero) is 1. The maximum absolute atomic E-state index is 12.8. The van der Waals surface area contributed by atoms with Crippen molar-refractivity contribution in [2.45, 2.75) is 37.1 Å². The highest BCUT2D eigenvalue weighted by atomic mass is 32.2. The summed E-state index contributed by atoms with van der Waals surface area (Å²) in [7, 11) is -4.16. The Morgan fingerprint density at radius 2 is 1.69 bits per heavy atom. The van der Waals surface area contributed by atoms with Gasteiger partial charge in [-0.1, -0.05) is 45.0 Å². The highest BCUT2D eigenvalue weighted by molar-refractivity contribution is 7.87. The molecule has 1 fully saturated rings. The zero-order valence-corrected chi connectivity index (χ0v) is 17.2. The fourth-order valence-electron chi connectivity index (χ4n) is 3.30. The first-order valence-electron chi connectivity index (χ1n) is 9.30. The van der Waals surface area contributed by atoms with E-state index in [1.54, 1.807) is 12.1 Å². The van der Waals surface area contributed by atoms with Crippen LogP contribution in [0.5, 0.6) is 5.75 Å². The van der Waals surface area contributed by atoms with Crippen molar-refractivity contribution in [3.63, 3.8) is 0 Å². The predicted molar refractivity (Wildman–Crippen MR) is 108 cm³/mol. The molecule has 1 aliphatic carbocycles. The minimum atomic E-state index is -4.16. The van der Waals surface area contributed by atoms with Crippen molar-refractivity contribution in [1.82, 2.24) is 5.32 Å². The van der Waals surface area contributed by atoms with Gasteiger partial charge in [0.25, 0.3) is 0 Å². The Morgan fingerprint density at radius 3 is 2.28 bits per heavy atom. The van der Waals surface area contributed by atoms with E-state index < -0.39 is 15.9 Å². The molecule has 1 heterocycles. The number of carbonyl (C=O) groups excluding carboxylic acids is 2. The fourth-order valence-corrected chi connectivity index (χ4v) is 4.24. The van der Waals surface area contributed by atoms with Crippen LogP contribution in [0.2, 0.25) is 0 Å². The molecule has 2 aliphatic rings. The fraction of sp³-hybridized carbons (Fsp3) is 0.273. The van der Waals surface area contributed by atoms with Crippen LogP contribution < -0.4 is 9.50 Å². The van der Waals surface area contributed by atoms with E-state index in [2.05, 4.69) is 5.32 Å². The number of rotatable bonds is 4. The van der Waals surface area contributed by atoms with E-state index in [4.69, 9.17) is 4.18 Å². The molecule has 150 valence electrons. The third-order valence-corrected chi connectivity index (χ3v) is 6.31. The molecule has 7 heteroatoms. The van der Waals surface area contributed by atoms with E-state index in [0.29, 0.717) is 12.1 Å². The quantitative estimate of drug-likeness (QED) is 0.613. The highest BCUT2D eigenvalue weighted by Gasteiger charge is 2.37. The smallest absolute Gasteiger partial charge is 0.339 e. The van der Waals surface area contributed by atoms with Gasteiger partial charge in [-0.3, -0.25) is 9.59 Å². The molecule has 0 bridgehead atoms. The van der Waals surface area contributed by atoms with Crippen molar-refractivity contribution in [3.8, 4) is 5.75 Å². The van der Waals surface area contributed by atoms with Crippen LogP contribution in [0.25, 0.3) is 0 Å². The van der Waals surface area contributed by atoms with Crippen LogP contribution in [0.4, 0.5) is 0 Å². The van der Waals surface area contributed by atoms with Crippen LogP contribution in [0.1, 0.15) is 47.1 Å². The van der Waals surface area contributed by atoms with Crippen LogP contribution in [0, 0.1) is 0 Å². The number of carbonyl (C=O) groups is 2. The van der Waals surface area contributed by atoms with Gasteiger partial charge >= 0.3 is 10.1 Å². The van der Waals surface area contributed by atoms with Crippen LogP contribution in [0.3, 0.4) is 0 Å². The van der Waals surface area contributed by atoms with Crippen molar-refractivity contribution in [2.24, 2.45) is 0 Å². The van der Waals surface area contributed by atoms with E-state index in [0.717, 1.165) is 5.56 Å². The first kappa shape index (κ1) is 19.5. The SMILES string of the molecule is CC(C)(C)c1ccc(S(=O)(=O)Oc2cccc3c2C(=O)C=C(C2CN2)C3=O)cc1. The average molecular weight is 411 g/mol. The molecular weight excluding hydrogens is 390 g/mol. The molecule has 29 heavy (non-hydrogen) atoms. The molecule has 0 aromatic heterocycles. The number of nitrogens with one attached hydrogen (secondary N) is 1. The average Bonchev–Trinajstić information content (AvgIpc) is 3.49. The Kier molecular flexibility index (Phi) is 4.47. The molecule has 1 aliphatic heterocycles. The molecule has 2 aromatic rings. The first-order valence-corrected chi connectivity index (χ1v) is 10.7. The van der Waals surface area contributed by atoms with E-state index in [-0.39, 0.29) is 39.0 Å². The summed E-state index contributed by atoms with van der Waals surface area (Å²) < 4.78 is 30.8. The maximum atomic E-state index is 12.8. The molecule has 1 saturated heterocycles. The van der Waals surface area contributed by atoms with Gasteiger partial charge < -0.3 is 9.50 Å². The third kappa shape index (κ3) is 3.63. The van der Waals surface area contributed by atoms with Crippen LogP contribution in [0.15, 0.2) is 59.0 Å². The van der Waals surface area contributed by atoms with Gasteiger partial charge in [-0.25, -0.2) is 0 Å². The number of hydrogen-bond donors (Lipinski definition) is 1. The molecule has 0 amide bonds. The lowest BCUT2D eigenvalue weighted by molar-refractivity contribution is 0.0981. The monoisotopic (exact) mass is 411 g/mol. The number of benzene rings is 2. The molecular formula is C22H21NO5S. The minimum absolute atomic E-state index is 0.0169. The molecule has 4 rings (SSSR count). The molecule has 0 spiro atoms. The summed E-state index contributed by atoms with van der Waals surface area (Å²) in [4.78, 5) is 25.3. The highest BCUT2D eigenvalue weighted by Crippen LogP contribution is 2.33. The topological polar surface area (TPSA) is 99.5 Å². The molecule has 0 saturated carbocycles. The largest absolute Gasteiger partial charge is 0.378 e. The van der Waals surface area contributed by atoms with E-state index in [1.807, 2.05) is 20.8 Å². The van der Waals surface area contributed by atoms with E-state index in [1.165, 1.54) is 36.4 Å². The van der Waals surface area contributed by atoms with E-state index >= 15 is 0 Å². The Balaban J connectivity index is 1.68. The summed E-state index contributed by atoms with van der Waals surface area (Å²) in [6.07, 6.45) is 1.27. The van der Waals surface area contributed by atoms with Gasteiger partial charge in [-0.05, 0) is 35.3 Å². The lowest BCUT2D eigenvalue weighted by Gasteiger charge is -2.20. The summed E-state index contributed by atoms with van der Waals surface area (Å²) in [5, 5.41) is 3.01. The van der Waals surface area contributed by atoms with Crippen LogP contribution in [-0.4, -0.2) is 32.6 Å². The van der Waals surface area contributed by atoms with E-state index in [9.17, 15) is 18.0 Å². The van der Waals surface area contributed by atoms with Crippen molar-refractivity contribution in [1.29, 1.82) is 0 Å². The Bertz CT molecular complexity index is 1150. The normalized spacial score (nSPS) is 18.9. The standard InChI is InChI=1S/C22H21NO5S/c1-22(2,3)13-7-9-14(10-8-13)29(26,27)28-19-6-4-5-15-20(19)18(24)11-16(21(15)25)17-12-23-17/h4-11,17,23H,12H2,1-3H3. The van der Waals surface area contributed by atoms with Crippen molar-refractivity contribution >= 4 is 21.7 Å². The number of ketones is 2. The van der Waals surface area contributed by atoms with Gasteiger partial charge in [0, 0.05) is 23.7 Å². The summed E-state index contributed by atoms with van der Waals surface area (Å²) in [6.45, 7) is 6.75. The van der Waals surface area contributed by atoms with Crippen LogP contribution >= 0.6 is 0 Å². The summed E-state index contributed by atoms with van der Waals surface area (Å²) in [5.74, 6) is -0.857. The maximum Gasteiger partial charge on any atom is 0.339 e. The van der Waals surface area contributed by atoms with Gasteiger partial charge in [0.15, 0.2) is 17.3 Å². The first-order chi connectivity index (χ1) is 13.6. The number of hydrogen-bond acceptors (Lipinski definition) is 6. The van der Waals surface area contributed by atoms with Gasteiger partial charge in [0.2, 0.25) is 0 Å². The lowest BCUT2D eigenvalue weighted by atomic mass is 9.87. The number of allylic oxidation sites excluding steroid dienone is 1. The van der Waals surface area contributed by atoms with Gasteiger partial charge in [0.1, 0.15) is 4.90 Å². The molecule has 1 unspecified atom stereocenters. The van der Waals surface area contributed by atoms with Gasteiger partial charge in [0.05, 0.1) is 5.56 Å². The third-order valence-electron chi connectivity index (χ3n) is 5.06. The second kappa shape index (κ2) is 6.64. The molecule has 6 nitrogen and oxygen atoms in total. The summed E-state index contributed by atoms with van der Waals surface area (Å²) >= 11 is 0. The lowest BCUT2D eigenvalue weighted by Crippen LogP contribution is -2.22. The van der Waals surface area contributed by atoms with Crippen LogP contribution in [-0.2, 0) is 15.5 Å². The molecule has 0 radical (unpaired) electrons. The van der Waals surface area contributed by atoms with Crippen molar-refractivity contribution < 1.29 is 22.2 Å². The molecule has 1 N–H and O–H groups in total. The van der Waals surface area contributed by atoms with Gasteiger partial charge in [-0.15, -0.1) is 0 Å². The zero-order valence-electron chi connectivity index (χ0n) is 16.4. The molecule has 1 atom stereocenters. The van der Waals surface area contributed by atoms with Crippen molar-refractivity contribution in [2.75, 3.05) is 6.54 Å². The molecule has 2 aromatic carbocycles. The Hall–Kier alpha value is -2.77. The number of fused-ring (bicyclic) bond motifs is 1. The summed E-state index contributed by atoms with van der Waals surface area (Å²) in [5.41, 5.74) is 1.42. The Labute approximate surface area is 169 Å².